The predicted molar refractivity (Wildman–Crippen MR) is 85.7 cm³/mol. The highest BCUT2D eigenvalue weighted by Gasteiger charge is 2.19. The van der Waals surface area contributed by atoms with Crippen molar-refractivity contribution in [1.82, 2.24) is 0 Å². The summed E-state index contributed by atoms with van der Waals surface area (Å²) in [6.07, 6.45) is 1.01. The Hall–Kier alpha value is -1.78. The molecule has 4 heteroatoms. The number of hydrogen-bond donors (Lipinski definition) is 2. The van der Waals surface area contributed by atoms with Gasteiger partial charge in [-0.1, -0.05) is 56.3 Å². The van der Waals surface area contributed by atoms with Gasteiger partial charge in [0.05, 0.1) is 0 Å². The van der Waals surface area contributed by atoms with Gasteiger partial charge in [-0.25, -0.2) is 0 Å². The molecule has 0 bridgehead atoms. The summed E-state index contributed by atoms with van der Waals surface area (Å²) < 4.78 is 5.73. The highest BCUT2D eigenvalue weighted by molar-refractivity contribution is 6.59. The van der Waals surface area contributed by atoms with Gasteiger partial charge in [-0.2, -0.15) is 0 Å². The zero-order valence-electron chi connectivity index (χ0n) is 12.5. The van der Waals surface area contributed by atoms with E-state index >= 15 is 0 Å². The molecule has 0 saturated heterocycles. The van der Waals surface area contributed by atoms with Crippen molar-refractivity contribution in [1.29, 1.82) is 0 Å². The Balaban J connectivity index is 2.18. The topological polar surface area (TPSA) is 49.7 Å². The largest absolute Gasteiger partial charge is 0.492 e. The fraction of sp³-hybridized carbons (Fsp3) is 0.294. The predicted octanol–water partition coefficient (Wildman–Crippen LogP) is 2.46. The Kier molecular flexibility index (Phi) is 5.42. The Morgan fingerprint density at radius 2 is 1.81 bits per heavy atom. The molecule has 3 nitrogen and oxygen atoms in total. The number of rotatable bonds is 6. The maximum atomic E-state index is 9.56. The maximum Gasteiger partial charge on any atom is 0.492 e. The lowest BCUT2D eigenvalue weighted by atomic mass is 9.77. The molecule has 2 aromatic carbocycles. The van der Waals surface area contributed by atoms with Crippen LogP contribution in [-0.4, -0.2) is 17.2 Å². The summed E-state index contributed by atoms with van der Waals surface area (Å²) in [7, 11) is -1.53. The third kappa shape index (κ3) is 4.10. The van der Waals surface area contributed by atoms with E-state index in [4.69, 9.17) is 4.74 Å². The third-order valence-corrected chi connectivity index (χ3v) is 3.73. The minimum Gasteiger partial charge on any atom is -0.489 e. The zero-order chi connectivity index (χ0) is 15.2. The first-order chi connectivity index (χ1) is 10.1. The molecule has 110 valence electrons. The number of hydrogen-bond acceptors (Lipinski definition) is 3. The van der Waals surface area contributed by atoms with Gasteiger partial charge in [0, 0.05) is 5.46 Å². The minimum atomic E-state index is -1.53. The summed E-state index contributed by atoms with van der Waals surface area (Å²) in [5.41, 5.74) is 2.55. The molecule has 0 fully saturated rings. The quantitative estimate of drug-likeness (QED) is 0.801. The lowest BCUT2D eigenvalue weighted by Gasteiger charge is -2.15. The normalized spacial score (nSPS) is 12.0. The van der Waals surface area contributed by atoms with E-state index in [-0.39, 0.29) is 0 Å². The van der Waals surface area contributed by atoms with Gasteiger partial charge in [0.25, 0.3) is 0 Å². The van der Waals surface area contributed by atoms with Crippen LogP contribution < -0.4 is 10.2 Å². The molecule has 0 amide bonds. The highest BCUT2D eigenvalue weighted by Crippen LogP contribution is 2.21. The highest BCUT2D eigenvalue weighted by atomic mass is 16.5. The Morgan fingerprint density at radius 3 is 2.43 bits per heavy atom. The first-order valence-electron chi connectivity index (χ1n) is 7.28. The molecule has 1 unspecified atom stereocenters. The van der Waals surface area contributed by atoms with Gasteiger partial charge >= 0.3 is 7.12 Å². The van der Waals surface area contributed by atoms with E-state index in [2.05, 4.69) is 13.8 Å². The summed E-state index contributed by atoms with van der Waals surface area (Å²) >= 11 is 0. The Bertz CT molecular complexity index is 570. The van der Waals surface area contributed by atoms with Gasteiger partial charge in [0.1, 0.15) is 12.4 Å². The molecule has 1 atom stereocenters. The molecule has 0 aromatic heterocycles. The van der Waals surface area contributed by atoms with E-state index in [1.807, 2.05) is 48.5 Å². The van der Waals surface area contributed by atoms with Gasteiger partial charge in [-0.15, -0.1) is 0 Å². The maximum absolute atomic E-state index is 9.56. The van der Waals surface area contributed by atoms with Crippen LogP contribution in [0.1, 0.15) is 37.3 Å². The van der Waals surface area contributed by atoms with Crippen LogP contribution in [-0.2, 0) is 6.61 Å². The SMILES string of the molecule is CCC(C)c1ccc(OCc2ccccc2)c(B(O)O)c1. The fourth-order valence-electron chi connectivity index (χ4n) is 2.18. The summed E-state index contributed by atoms with van der Waals surface area (Å²) in [5.74, 6) is 0.895. The van der Waals surface area contributed by atoms with E-state index < -0.39 is 7.12 Å². The van der Waals surface area contributed by atoms with Crippen molar-refractivity contribution >= 4 is 12.6 Å². The Labute approximate surface area is 126 Å². The van der Waals surface area contributed by atoms with Crippen molar-refractivity contribution in [2.24, 2.45) is 0 Å². The molecule has 0 heterocycles. The number of benzene rings is 2. The third-order valence-electron chi connectivity index (χ3n) is 3.73. The molecule has 0 aliphatic carbocycles. The van der Waals surface area contributed by atoms with Crippen LogP contribution in [0, 0.1) is 0 Å². The lowest BCUT2D eigenvalue weighted by Crippen LogP contribution is -2.32. The molecule has 0 spiro atoms. The van der Waals surface area contributed by atoms with Crippen LogP contribution >= 0.6 is 0 Å². The van der Waals surface area contributed by atoms with Crippen molar-refractivity contribution in [2.45, 2.75) is 32.8 Å². The second kappa shape index (κ2) is 7.30. The monoisotopic (exact) mass is 284 g/mol. The fourth-order valence-corrected chi connectivity index (χ4v) is 2.18. The van der Waals surface area contributed by atoms with Gasteiger partial charge in [-0.3, -0.25) is 0 Å². The summed E-state index contributed by atoms with van der Waals surface area (Å²) in [4.78, 5) is 0. The first-order valence-corrected chi connectivity index (χ1v) is 7.28. The molecular formula is C17H21BO3. The molecule has 0 aliphatic rings. The van der Waals surface area contributed by atoms with Gasteiger partial charge in [0.15, 0.2) is 0 Å². The smallest absolute Gasteiger partial charge is 0.489 e. The second-order valence-electron chi connectivity index (χ2n) is 5.25. The van der Waals surface area contributed by atoms with E-state index in [9.17, 15) is 10.0 Å². The molecule has 0 saturated carbocycles. The van der Waals surface area contributed by atoms with Crippen molar-refractivity contribution < 1.29 is 14.8 Å². The van der Waals surface area contributed by atoms with Crippen LogP contribution in [0.25, 0.3) is 0 Å². The van der Waals surface area contributed by atoms with Crippen LogP contribution in [0.3, 0.4) is 0 Å². The Morgan fingerprint density at radius 1 is 1.10 bits per heavy atom. The molecule has 2 N–H and O–H groups in total. The summed E-state index contributed by atoms with van der Waals surface area (Å²) in [5, 5.41) is 19.1. The van der Waals surface area contributed by atoms with Crippen molar-refractivity contribution in [3.63, 3.8) is 0 Å². The zero-order valence-corrected chi connectivity index (χ0v) is 12.5. The lowest BCUT2D eigenvalue weighted by molar-refractivity contribution is 0.306. The standard InChI is InChI=1S/C17H21BO3/c1-3-13(2)15-9-10-17(16(11-15)18(19)20)21-12-14-7-5-4-6-8-14/h4-11,13,19-20H,3,12H2,1-2H3. The average Bonchev–Trinajstić information content (AvgIpc) is 2.52. The summed E-state index contributed by atoms with van der Waals surface area (Å²) in [6, 6.07) is 15.4. The van der Waals surface area contributed by atoms with Crippen molar-refractivity contribution in [3.05, 3.63) is 59.7 Å². The molecule has 2 rings (SSSR count). The van der Waals surface area contributed by atoms with Crippen LogP contribution in [0.15, 0.2) is 48.5 Å². The van der Waals surface area contributed by atoms with E-state index in [1.54, 1.807) is 0 Å². The van der Waals surface area contributed by atoms with Crippen molar-refractivity contribution in [3.8, 4) is 5.75 Å². The van der Waals surface area contributed by atoms with Gasteiger partial charge < -0.3 is 14.8 Å². The minimum absolute atomic E-state index is 0.380. The van der Waals surface area contributed by atoms with E-state index in [1.165, 1.54) is 0 Å². The van der Waals surface area contributed by atoms with Crippen LogP contribution in [0.5, 0.6) is 5.75 Å². The summed E-state index contributed by atoms with van der Waals surface area (Å²) in [6.45, 7) is 4.64. The molecular weight excluding hydrogens is 263 g/mol. The van der Waals surface area contributed by atoms with Crippen LogP contribution in [0.2, 0.25) is 0 Å². The molecule has 0 aliphatic heterocycles. The molecule has 2 aromatic rings. The van der Waals surface area contributed by atoms with Crippen molar-refractivity contribution in [2.75, 3.05) is 0 Å². The van der Waals surface area contributed by atoms with Crippen LogP contribution in [0.4, 0.5) is 0 Å². The van der Waals surface area contributed by atoms with Gasteiger partial charge in [-0.05, 0) is 29.5 Å². The molecule has 21 heavy (non-hydrogen) atoms. The average molecular weight is 284 g/mol. The number of ether oxygens (including phenoxy) is 1. The molecule has 0 radical (unpaired) electrons. The first kappa shape index (κ1) is 15.6. The second-order valence-corrected chi connectivity index (χ2v) is 5.25. The van der Waals surface area contributed by atoms with E-state index in [0.29, 0.717) is 23.7 Å². The van der Waals surface area contributed by atoms with Gasteiger partial charge in [0.2, 0.25) is 0 Å². The van der Waals surface area contributed by atoms with E-state index in [0.717, 1.165) is 17.5 Å².